The molecular formula is C15H22N4O3. The number of hydrogen-bond acceptors (Lipinski definition) is 6. The molecule has 1 saturated heterocycles. The van der Waals surface area contributed by atoms with Crippen LogP contribution in [-0.2, 0) is 9.53 Å². The summed E-state index contributed by atoms with van der Waals surface area (Å²) in [6, 6.07) is 1.49. The molecule has 0 saturated carbocycles. The minimum absolute atomic E-state index is 0.0846. The lowest BCUT2D eigenvalue weighted by Crippen LogP contribution is -2.28. The van der Waals surface area contributed by atoms with Crippen molar-refractivity contribution in [3.63, 3.8) is 0 Å². The van der Waals surface area contributed by atoms with Gasteiger partial charge in [-0.1, -0.05) is 6.92 Å². The van der Waals surface area contributed by atoms with E-state index in [-0.39, 0.29) is 22.9 Å². The largest absolute Gasteiger partial charge is 0.462 e. The van der Waals surface area contributed by atoms with Gasteiger partial charge in [-0.05, 0) is 32.4 Å². The molecule has 7 heteroatoms. The lowest BCUT2D eigenvalue weighted by Gasteiger charge is -2.22. The van der Waals surface area contributed by atoms with Gasteiger partial charge in [-0.25, -0.2) is 9.78 Å². The summed E-state index contributed by atoms with van der Waals surface area (Å²) in [5, 5.41) is 3.27. The normalized spacial score (nSPS) is 16.5. The van der Waals surface area contributed by atoms with Crippen molar-refractivity contribution in [3.8, 4) is 0 Å². The van der Waals surface area contributed by atoms with E-state index in [1.807, 2.05) is 6.92 Å². The van der Waals surface area contributed by atoms with Crippen molar-refractivity contribution >= 4 is 11.5 Å². The van der Waals surface area contributed by atoms with E-state index in [0.717, 1.165) is 32.1 Å². The summed E-state index contributed by atoms with van der Waals surface area (Å²) in [4.78, 5) is 30.9. The molecule has 0 spiro atoms. The van der Waals surface area contributed by atoms with Gasteiger partial charge in [0.2, 0.25) is 0 Å². The van der Waals surface area contributed by atoms with Gasteiger partial charge in [0, 0.05) is 18.2 Å². The highest BCUT2D eigenvalue weighted by molar-refractivity contribution is 6.15. The van der Waals surface area contributed by atoms with Crippen LogP contribution in [0.1, 0.15) is 43.6 Å². The Kier molecular flexibility index (Phi) is 5.71. The number of ether oxygens (including phenoxy) is 1. The zero-order valence-corrected chi connectivity index (χ0v) is 12.7. The second kappa shape index (κ2) is 7.74. The Labute approximate surface area is 129 Å². The maximum atomic E-state index is 12.0. The Balaban J connectivity index is 2.27. The number of carbonyl (C=O) groups is 1. The van der Waals surface area contributed by atoms with Gasteiger partial charge in [-0.15, -0.1) is 0 Å². The summed E-state index contributed by atoms with van der Waals surface area (Å²) in [6.45, 7) is 3.99. The van der Waals surface area contributed by atoms with Crippen molar-refractivity contribution < 1.29 is 9.53 Å². The number of piperidine rings is 1. The third-order valence-corrected chi connectivity index (χ3v) is 3.60. The predicted molar refractivity (Wildman–Crippen MR) is 83.1 cm³/mol. The van der Waals surface area contributed by atoms with Crippen molar-refractivity contribution in [3.05, 3.63) is 34.1 Å². The van der Waals surface area contributed by atoms with Crippen molar-refractivity contribution in [1.29, 1.82) is 0 Å². The maximum Gasteiger partial charge on any atom is 0.343 e. The third kappa shape index (κ3) is 3.94. The number of aromatic nitrogens is 2. The van der Waals surface area contributed by atoms with E-state index in [1.165, 1.54) is 6.07 Å². The number of H-pyrrole nitrogens is 1. The van der Waals surface area contributed by atoms with Gasteiger partial charge in [0.05, 0.1) is 12.3 Å². The minimum atomic E-state index is -0.574. The Morgan fingerprint density at radius 1 is 1.50 bits per heavy atom. The summed E-state index contributed by atoms with van der Waals surface area (Å²) in [5.74, 6) is -0.187. The molecule has 0 amide bonds. The molecule has 7 nitrogen and oxygen atoms in total. The van der Waals surface area contributed by atoms with Crippen LogP contribution in [0, 0.1) is 0 Å². The van der Waals surface area contributed by atoms with Crippen LogP contribution in [0.5, 0.6) is 0 Å². The van der Waals surface area contributed by atoms with Gasteiger partial charge in [-0.2, -0.15) is 0 Å². The first kappa shape index (κ1) is 16.2. The van der Waals surface area contributed by atoms with Crippen LogP contribution < -0.4 is 16.6 Å². The van der Waals surface area contributed by atoms with Gasteiger partial charge >= 0.3 is 5.97 Å². The molecule has 0 unspecified atom stereocenters. The number of aromatic amines is 1. The molecule has 1 fully saturated rings. The van der Waals surface area contributed by atoms with Gasteiger partial charge < -0.3 is 20.8 Å². The molecule has 4 N–H and O–H groups in total. The topological polar surface area (TPSA) is 110 Å². The van der Waals surface area contributed by atoms with Crippen molar-refractivity contribution in [2.75, 3.05) is 19.7 Å². The van der Waals surface area contributed by atoms with Crippen molar-refractivity contribution in [1.82, 2.24) is 15.3 Å². The summed E-state index contributed by atoms with van der Waals surface area (Å²) in [5.41, 5.74) is 6.01. The lowest BCUT2D eigenvalue weighted by atomic mass is 9.94. The van der Waals surface area contributed by atoms with Crippen LogP contribution in [0.15, 0.2) is 17.1 Å². The maximum absolute atomic E-state index is 12.0. The van der Waals surface area contributed by atoms with E-state index in [1.54, 1.807) is 0 Å². The Morgan fingerprint density at radius 3 is 2.86 bits per heavy atom. The van der Waals surface area contributed by atoms with Crippen molar-refractivity contribution in [2.45, 2.75) is 32.1 Å². The molecule has 2 rings (SSSR count). The molecule has 0 aromatic carbocycles. The van der Waals surface area contributed by atoms with Crippen LogP contribution in [-0.4, -0.2) is 35.6 Å². The smallest absolute Gasteiger partial charge is 0.343 e. The molecule has 0 radical (unpaired) electrons. The van der Waals surface area contributed by atoms with Gasteiger partial charge in [0.1, 0.15) is 11.4 Å². The fraction of sp³-hybridized carbons (Fsp3) is 0.533. The van der Waals surface area contributed by atoms with E-state index >= 15 is 0 Å². The second-order valence-electron chi connectivity index (χ2n) is 5.26. The van der Waals surface area contributed by atoms with Crippen LogP contribution in [0.2, 0.25) is 0 Å². The standard InChI is InChI=1S/C15H22N4O3/c1-2-7-22-15(21)11(9-16)14-18-12(8-13(20)19-14)10-3-5-17-6-4-10/h8-10,17H,2-7,16H2,1H3,(H,18,19,20). The van der Waals surface area contributed by atoms with E-state index in [2.05, 4.69) is 15.3 Å². The Hall–Kier alpha value is -2.15. The Bertz CT molecular complexity index is 603. The predicted octanol–water partition coefficient (Wildman–Crippen LogP) is 0.490. The second-order valence-corrected chi connectivity index (χ2v) is 5.26. The third-order valence-electron chi connectivity index (χ3n) is 3.60. The van der Waals surface area contributed by atoms with Gasteiger partial charge in [-0.3, -0.25) is 4.79 Å². The zero-order chi connectivity index (χ0) is 15.9. The average Bonchev–Trinajstić information content (AvgIpc) is 2.54. The first-order valence-corrected chi connectivity index (χ1v) is 7.57. The van der Waals surface area contributed by atoms with Crippen LogP contribution in [0.3, 0.4) is 0 Å². The monoisotopic (exact) mass is 306 g/mol. The van der Waals surface area contributed by atoms with Crippen LogP contribution in [0.4, 0.5) is 0 Å². The molecule has 0 aliphatic carbocycles. The molecule has 1 aromatic rings. The van der Waals surface area contributed by atoms with E-state index in [0.29, 0.717) is 18.7 Å². The fourth-order valence-corrected chi connectivity index (χ4v) is 2.45. The highest BCUT2D eigenvalue weighted by Gasteiger charge is 2.21. The molecule has 1 aliphatic rings. The number of nitrogens with zero attached hydrogens (tertiary/aromatic N) is 1. The van der Waals surface area contributed by atoms with E-state index in [9.17, 15) is 9.59 Å². The average molecular weight is 306 g/mol. The number of nitrogens with two attached hydrogens (primary N) is 1. The van der Waals surface area contributed by atoms with Gasteiger partial charge in [0.25, 0.3) is 5.56 Å². The van der Waals surface area contributed by atoms with E-state index in [4.69, 9.17) is 10.5 Å². The summed E-state index contributed by atoms with van der Waals surface area (Å²) >= 11 is 0. The lowest BCUT2D eigenvalue weighted by molar-refractivity contribution is -0.136. The summed E-state index contributed by atoms with van der Waals surface area (Å²) < 4.78 is 5.06. The number of esters is 1. The SMILES string of the molecule is CCCOC(=O)C(=CN)c1nc(C2CCNCC2)cc(=O)[nH]1. The summed E-state index contributed by atoms with van der Waals surface area (Å²) in [7, 11) is 0. The molecule has 0 bridgehead atoms. The molecular weight excluding hydrogens is 284 g/mol. The molecule has 1 aromatic heterocycles. The zero-order valence-electron chi connectivity index (χ0n) is 12.7. The number of carbonyl (C=O) groups excluding carboxylic acids is 1. The fourth-order valence-electron chi connectivity index (χ4n) is 2.45. The molecule has 22 heavy (non-hydrogen) atoms. The molecule has 0 atom stereocenters. The minimum Gasteiger partial charge on any atom is -0.462 e. The first-order chi connectivity index (χ1) is 10.7. The first-order valence-electron chi connectivity index (χ1n) is 7.57. The van der Waals surface area contributed by atoms with Gasteiger partial charge in [0.15, 0.2) is 0 Å². The number of hydrogen-bond donors (Lipinski definition) is 3. The van der Waals surface area contributed by atoms with E-state index < -0.39 is 5.97 Å². The molecule has 1 aliphatic heterocycles. The molecule has 120 valence electrons. The number of rotatable bonds is 5. The molecule has 2 heterocycles. The number of nitrogens with one attached hydrogen (secondary N) is 2. The van der Waals surface area contributed by atoms with Crippen LogP contribution >= 0.6 is 0 Å². The van der Waals surface area contributed by atoms with Crippen molar-refractivity contribution in [2.24, 2.45) is 5.73 Å². The quantitative estimate of drug-likeness (QED) is 0.539. The Morgan fingerprint density at radius 2 is 2.23 bits per heavy atom. The highest BCUT2D eigenvalue weighted by atomic mass is 16.5. The summed E-state index contributed by atoms with van der Waals surface area (Å²) in [6.07, 6.45) is 3.67. The highest BCUT2D eigenvalue weighted by Crippen LogP contribution is 2.23. The van der Waals surface area contributed by atoms with Crippen LogP contribution in [0.25, 0.3) is 5.57 Å².